The van der Waals surface area contributed by atoms with Crippen molar-refractivity contribution in [2.24, 2.45) is 0 Å². The number of para-hydroxylation sites is 2. The molecule has 4 aromatic heterocycles. The molecule has 4 heterocycles. The lowest BCUT2D eigenvalue weighted by Crippen LogP contribution is -1.95. The Labute approximate surface area is 298 Å². The van der Waals surface area contributed by atoms with Gasteiger partial charge in [-0.3, -0.25) is 0 Å². The molecule has 0 aliphatic heterocycles. The second-order valence-electron chi connectivity index (χ2n) is 13.8. The van der Waals surface area contributed by atoms with Crippen LogP contribution in [0.15, 0.2) is 170 Å². The molecule has 4 heteroatoms. The van der Waals surface area contributed by atoms with Gasteiger partial charge in [-0.1, -0.05) is 91.0 Å². The van der Waals surface area contributed by atoms with Gasteiger partial charge in [0.05, 0.1) is 22.1 Å². The van der Waals surface area contributed by atoms with E-state index in [1.54, 1.807) is 0 Å². The molecule has 0 radical (unpaired) electrons. The molecule has 0 bridgehead atoms. The maximum atomic E-state index is 4.58. The predicted octanol–water partition coefficient (Wildman–Crippen LogP) is 12.3. The molecule has 1 aliphatic carbocycles. The van der Waals surface area contributed by atoms with E-state index in [0.29, 0.717) is 0 Å². The molecule has 12 rings (SSSR count). The van der Waals surface area contributed by atoms with Crippen LogP contribution in [0.4, 0.5) is 0 Å². The van der Waals surface area contributed by atoms with E-state index >= 15 is 0 Å². The van der Waals surface area contributed by atoms with E-state index in [4.69, 9.17) is 0 Å². The predicted molar refractivity (Wildman–Crippen MR) is 216 cm³/mol. The minimum atomic E-state index is 0.797. The monoisotopic (exact) mass is 660 g/mol. The van der Waals surface area contributed by atoms with E-state index in [-0.39, 0.29) is 0 Å². The van der Waals surface area contributed by atoms with Crippen LogP contribution >= 0.6 is 0 Å². The van der Waals surface area contributed by atoms with Gasteiger partial charge >= 0.3 is 0 Å². The maximum absolute atomic E-state index is 4.58. The van der Waals surface area contributed by atoms with Gasteiger partial charge in [0.15, 0.2) is 5.65 Å². The fourth-order valence-electron chi connectivity index (χ4n) is 8.89. The average molecular weight is 661 g/mol. The van der Waals surface area contributed by atoms with E-state index in [2.05, 4.69) is 177 Å². The maximum Gasteiger partial charge on any atom is 0.160 e. The van der Waals surface area contributed by atoms with Crippen molar-refractivity contribution >= 4 is 65.4 Å². The highest BCUT2D eigenvalue weighted by molar-refractivity contribution is 6.20. The van der Waals surface area contributed by atoms with Gasteiger partial charge in [0.25, 0.3) is 0 Å². The summed E-state index contributed by atoms with van der Waals surface area (Å²) < 4.78 is 4.84. The molecule has 1 aliphatic rings. The Morgan fingerprint density at radius 3 is 1.83 bits per heavy atom. The van der Waals surface area contributed by atoms with Crippen LogP contribution in [-0.4, -0.2) is 19.1 Å². The van der Waals surface area contributed by atoms with Gasteiger partial charge in [0.2, 0.25) is 0 Å². The minimum Gasteiger partial charge on any atom is -0.309 e. The van der Waals surface area contributed by atoms with Crippen molar-refractivity contribution < 1.29 is 0 Å². The largest absolute Gasteiger partial charge is 0.309 e. The molecule has 0 amide bonds. The summed E-state index contributed by atoms with van der Waals surface area (Å²) in [5.74, 6) is 0. The number of rotatable bonds is 3. The fourth-order valence-corrected chi connectivity index (χ4v) is 8.89. The van der Waals surface area contributed by atoms with Crippen LogP contribution in [0.25, 0.3) is 110 Å². The second kappa shape index (κ2) is 10.3. The molecule has 11 aromatic rings. The summed E-state index contributed by atoms with van der Waals surface area (Å²) in [5, 5.41) is 8.61. The normalized spacial score (nSPS) is 12.2. The lowest BCUT2D eigenvalue weighted by atomic mass is 10.00. The Bertz CT molecular complexity index is 3290. The van der Waals surface area contributed by atoms with Crippen LogP contribution in [0, 0.1) is 0 Å². The van der Waals surface area contributed by atoms with E-state index in [1.165, 1.54) is 93.5 Å². The van der Waals surface area contributed by atoms with Crippen LogP contribution in [0.3, 0.4) is 0 Å². The number of nitrogens with zero attached hydrogens (tertiary/aromatic N) is 4. The Morgan fingerprint density at radius 2 is 1.02 bits per heavy atom. The number of hydrogen-bond acceptors (Lipinski definition) is 2. The zero-order valence-electron chi connectivity index (χ0n) is 28.0. The highest BCUT2D eigenvalue weighted by Crippen LogP contribution is 2.48. The Hall–Kier alpha value is -7.04. The van der Waals surface area contributed by atoms with Gasteiger partial charge in [-0.25, -0.2) is 9.97 Å². The van der Waals surface area contributed by atoms with Gasteiger partial charge in [-0.2, -0.15) is 0 Å². The molecule has 4 nitrogen and oxygen atoms in total. The zero-order valence-corrected chi connectivity index (χ0v) is 28.0. The summed E-state index contributed by atoms with van der Waals surface area (Å²) in [5.41, 5.74) is 15.2. The molecule has 0 unspecified atom stereocenters. The topological polar surface area (TPSA) is 35.6 Å². The van der Waals surface area contributed by atoms with E-state index in [0.717, 1.165) is 16.7 Å². The number of pyridine rings is 2. The van der Waals surface area contributed by atoms with Gasteiger partial charge < -0.3 is 9.13 Å². The molecule has 0 N–H and O–H groups in total. The van der Waals surface area contributed by atoms with Crippen LogP contribution in [0.1, 0.15) is 0 Å². The van der Waals surface area contributed by atoms with Crippen molar-refractivity contribution in [2.45, 2.75) is 0 Å². The smallest absolute Gasteiger partial charge is 0.160 e. The summed E-state index contributed by atoms with van der Waals surface area (Å²) >= 11 is 0. The first-order valence-corrected chi connectivity index (χ1v) is 17.7. The van der Waals surface area contributed by atoms with Crippen molar-refractivity contribution in [1.82, 2.24) is 19.1 Å². The molecule has 0 saturated heterocycles. The van der Waals surface area contributed by atoms with Crippen LogP contribution in [0.2, 0.25) is 0 Å². The van der Waals surface area contributed by atoms with Crippen molar-refractivity contribution in [2.75, 3.05) is 0 Å². The summed E-state index contributed by atoms with van der Waals surface area (Å²) in [7, 11) is 0. The minimum absolute atomic E-state index is 0.797. The number of aromatic nitrogens is 4. The van der Waals surface area contributed by atoms with Crippen molar-refractivity contribution in [3.63, 3.8) is 0 Å². The van der Waals surface area contributed by atoms with Crippen molar-refractivity contribution in [3.8, 4) is 44.8 Å². The van der Waals surface area contributed by atoms with Crippen LogP contribution < -0.4 is 0 Å². The van der Waals surface area contributed by atoms with Crippen LogP contribution in [0.5, 0.6) is 0 Å². The lowest BCUT2D eigenvalue weighted by molar-refractivity contribution is 1.18. The first-order chi connectivity index (χ1) is 25.8. The van der Waals surface area contributed by atoms with E-state index in [9.17, 15) is 0 Å². The fraction of sp³-hybridized carbons (Fsp3) is 0. The third kappa shape index (κ3) is 3.70. The van der Waals surface area contributed by atoms with E-state index in [1.807, 2.05) is 12.4 Å². The molecule has 0 spiro atoms. The Balaban J connectivity index is 1.09. The van der Waals surface area contributed by atoms with Gasteiger partial charge in [0.1, 0.15) is 0 Å². The molecule has 0 fully saturated rings. The molecule has 0 saturated carbocycles. The van der Waals surface area contributed by atoms with Crippen LogP contribution in [-0.2, 0) is 0 Å². The van der Waals surface area contributed by atoms with Gasteiger partial charge in [-0.05, 0) is 105 Å². The molecule has 0 atom stereocenters. The molecule has 52 heavy (non-hydrogen) atoms. The van der Waals surface area contributed by atoms with Crippen molar-refractivity contribution in [3.05, 3.63) is 170 Å². The zero-order chi connectivity index (χ0) is 33.9. The first kappa shape index (κ1) is 27.7. The quantitative estimate of drug-likeness (QED) is 0.189. The van der Waals surface area contributed by atoms with Gasteiger partial charge in [0, 0.05) is 56.1 Å². The number of hydrogen-bond donors (Lipinski definition) is 0. The summed E-state index contributed by atoms with van der Waals surface area (Å²) in [6.45, 7) is 0. The second-order valence-corrected chi connectivity index (χ2v) is 13.8. The number of fused-ring (bicyclic) bond motifs is 11. The summed E-state index contributed by atoms with van der Waals surface area (Å²) in [4.78, 5) is 9.15. The van der Waals surface area contributed by atoms with Crippen molar-refractivity contribution in [1.29, 1.82) is 0 Å². The molecular weight excluding hydrogens is 633 g/mol. The Morgan fingerprint density at radius 1 is 0.365 bits per heavy atom. The standard InChI is InChI=1S/C48H28N4/c1-2-9-32(10-3-1)51-43-13-7-6-12-36(43)41-26-30(15-20-44(41)51)31-16-21-45-42(27-31)39-18-14-29-8-4-5-11-34(29)47(39)52(45)33-17-19-35-37-22-24-49-48-46(37)38(23-25-50-48)40(35)28-33/h1-28H. The summed E-state index contributed by atoms with van der Waals surface area (Å²) in [6, 6.07) is 57.8. The first-order valence-electron chi connectivity index (χ1n) is 17.7. The summed E-state index contributed by atoms with van der Waals surface area (Å²) in [6.07, 6.45) is 3.75. The molecule has 240 valence electrons. The SMILES string of the molecule is c1ccc(-n2c3ccccc3c3cc(-c4ccc5c(c4)c4ccc6ccccc6c4n5-c4ccc5c(c4)-c4ccnc6nccc-5c46)ccc32)cc1. The highest BCUT2D eigenvalue weighted by atomic mass is 15.0. The molecular formula is C48H28N4. The lowest BCUT2D eigenvalue weighted by Gasteiger charge is -2.12. The molecule has 7 aromatic carbocycles. The third-order valence-electron chi connectivity index (χ3n) is 11.2. The average Bonchev–Trinajstić information content (AvgIpc) is 3.84. The highest BCUT2D eigenvalue weighted by Gasteiger charge is 2.24. The van der Waals surface area contributed by atoms with Gasteiger partial charge in [-0.15, -0.1) is 0 Å². The van der Waals surface area contributed by atoms with E-state index < -0.39 is 0 Å². The third-order valence-corrected chi connectivity index (χ3v) is 11.2. The Kier molecular flexibility index (Phi) is 5.47. The number of benzene rings is 7.